The first kappa shape index (κ1) is 11.1. The molecule has 0 spiro atoms. The van der Waals surface area contributed by atoms with E-state index in [1.165, 1.54) is 6.07 Å². The molecule has 0 aliphatic carbocycles. The van der Waals surface area contributed by atoms with Gasteiger partial charge in [-0.15, -0.1) is 0 Å². The second kappa shape index (κ2) is 5.07. The van der Waals surface area contributed by atoms with Crippen LogP contribution in [0, 0.1) is 5.82 Å². The van der Waals surface area contributed by atoms with E-state index < -0.39 is 0 Å². The lowest BCUT2D eigenvalue weighted by Crippen LogP contribution is -2.32. The van der Waals surface area contributed by atoms with Gasteiger partial charge in [0.2, 0.25) is 0 Å². The van der Waals surface area contributed by atoms with Gasteiger partial charge in [0.15, 0.2) is 0 Å². The van der Waals surface area contributed by atoms with Crippen molar-refractivity contribution in [1.29, 1.82) is 0 Å². The molecule has 1 rings (SSSR count). The SMILES string of the molecule is CCN=C(NN)c1ccc(Br)cc1F. The van der Waals surface area contributed by atoms with Crippen LogP contribution in [0.1, 0.15) is 12.5 Å². The predicted molar refractivity (Wildman–Crippen MR) is 58.5 cm³/mol. The minimum Gasteiger partial charge on any atom is -0.308 e. The highest BCUT2D eigenvalue weighted by Crippen LogP contribution is 2.15. The molecule has 1 aromatic rings. The zero-order chi connectivity index (χ0) is 10.6. The van der Waals surface area contributed by atoms with E-state index in [2.05, 4.69) is 26.3 Å². The van der Waals surface area contributed by atoms with Crippen molar-refractivity contribution in [1.82, 2.24) is 5.43 Å². The van der Waals surface area contributed by atoms with Gasteiger partial charge in [-0.3, -0.25) is 4.99 Å². The molecule has 3 nitrogen and oxygen atoms in total. The summed E-state index contributed by atoms with van der Waals surface area (Å²) in [6.07, 6.45) is 0. The number of hydrogen-bond acceptors (Lipinski definition) is 2. The van der Waals surface area contributed by atoms with Crippen LogP contribution in [-0.4, -0.2) is 12.4 Å². The van der Waals surface area contributed by atoms with E-state index in [0.29, 0.717) is 22.4 Å². The first-order valence-electron chi connectivity index (χ1n) is 4.15. The van der Waals surface area contributed by atoms with Gasteiger partial charge in [-0.2, -0.15) is 0 Å². The maximum atomic E-state index is 13.4. The van der Waals surface area contributed by atoms with E-state index in [-0.39, 0.29) is 5.82 Å². The van der Waals surface area contributed by atoms with Crippen molar-refractivity contribution >= 4 is 21.8 Å². The van der Waals surface area contributed by atoms with Gasteiger partial charge in [0.05, 0.1) is 5.56 Å². The van der Waals surface area contributed by atoms with E-state index in [1.54, 1.807) is 12.1 Å². The monoisotopic (exact) mass is 259 g/mol. The lowest BCUT2D eigenvalue weighted by molar-refractivity contribution is 0.623. The van der Waals surface area contributed by atoms with Crippen molar-refractivity contribution in [2.45, 2.75) is 6.92 Å². The van der Waals surface area contributed by atoms with Crippen molar-refractivity contribution in [2.24, 2.45) is 10.8 Å². The molecule has 1 aromatic carbocycles. The topological polar surface area (TPSA) is 50.4 Å². The molecule has 0 unspecified atom stereocenters. The zero-order valence-corrected chi connectivity index (χ0v) is 9.31. The largest absolute Gasteiger partial charge is 0.308 e. The predicted octanol–water partition coefficient (Wildman–Crippen LogP) is 1.82. The Morgan fingerprint density at radius 1 is 1.64 bits per heavy atom. The summed E-state index contributed by atoms with van der Waals surface area (Å²) in [7, 11) is 0. The van der Waals surface area contributed by atoms with Crippen molar-refractivity contribution in [3.05, 3.63) is 34.1 Å². The Morgan fingerprint density at radius 2 is 2.36 bits per heavy atom. The standard InChI is InChI=1S/C9H11BrFN3/c1-2-13-9(14-12)7-4-3-6(10)5-8(7)11/h3-5H,2,12H2,1H3,(H,13,14). The van der Waals surface area contributed by atoms with Crippen molar-refractivity contribution in [3.63, 3.8) is 0 Å². The summed E-state index contributed by atoms with van der Waals surface area (Å²) in [4.78, 5) is 4.03. The number of amidine groups is 1. The lowest BCUT2D eigenvalue weighted by Gasteiger charge is -2.06. The van der Waals surface area contributed by atoms with Crippen molar-refractivity contribution in [3.8, 4) is 0 Å². The average molecular weight is 260 g/mol. The van der Waals surface area contributed by atoms with E-state index in [4.69, 9.17) is 5.84 Å². The first-order chi connectivity index (χ1) is 6.69. The number of rotatable bonds is 2. The summed E-state index contributed by atoms with van der Waals surface area (Å²) in [5, 5.41) is 0. The highest BCUT2D eigenvalue weighted by molar-refractivity contribution is 9.10. The molecule has 0 amide bonds. The lowest BCUT2D eigenvalue weighted by atomic mass is 10.2. The minimum atomic E-state index is -0.357. The van der Waals surface area contributed by atoms with Gasteiger partial charge in [0, 0.05) is 11.0 Å². The summed E-state index contributed by atoms with van der Waals surface area (Å²) in [6, 6.07) is 4.73. The molecule has 76 valence electrons. The van der Waals surface area contributed by atoms with Crippen LogP contribution in [0.2, 0.25) is 0 Å². The Kier molecular flexibility index (Phi) is 4.03. The molecule has 3 N–H and O–H groups in total. The van der Waals surface area contributed by atoms with Gasteiger partial charge in [-0.05, 0) is 25.1 Å². The van der Waals surface area contributed by atoms with Gasteiger partial charge in [0.1, 0.15) is 11.7 Å². The molecule has 0 aliphatic rings. The Labute approximate surface area is 90.3 Å². The summed E-state index contributed by atoms with van der Waals surface area (Å²) in [5.41, 5.74) is 2.75. The fourth-order valence-corrected chi connectivity index (χ4v) is 1.38. The Bertz CT molecular complexity index is 352. The third-order valence-corrected chi connectivity index (χ3v) is 2.13. The second-order valence-corrected chi connectivity index (χ2v) is 3.51. The Balaban J connectivity index is 3.11. The molecule has 0 saturated carbocycles. The van der Waals surface area contributed by atoms with Crippen LogP contribution in [0.4, 0.5) is 4.39 Å². The summed E-state index contributed by atoms with van der Waals surface area (Å²) in [5.74, 6) is 5.24. The number of nitrogens with one attached hydrogen (secondary N) is 1. The number of hydrazine groups is 1. The highest BCUT2D eigenvalue weighted by Gasteiger charge is 2.07. The minimum absolute atomic E-state index is 0.357. The van der Waals surface area contributed by atoms with Crippen LogP contribution in [0.5, 0.6) is 0 Å². The normalized spacial score (nSPS) is 11.6. The molecule has 0 radical (unpaired) electrons. The summed E-state index contributed by atoms with van der Waals surface area (Å²) >= 11 is 3.17. The van der Waals surface area contributed by atoms with Gasteiger partial charge in [-0.25, -0.2) is 10.2 Å². The fourth-order valence-electron chi connectivity index (χ4n) is 1.05. The quantitative estimate of drug-likeness (QED) is 0.369. The molecule has 0 heterocycles. The molecule has 14 heavy (non-hydrogen) atoms. The number of hydrogen-bond donors (Lipinski definition) is 2. The number of halogens is 2. The van der Waals surface area contributed by atoms with E-state index in [9.17, 15) is 4.39 Å². The van der Waals surface area contributed by atoms with Gasteiger partial charge in [-0.1, -0.05) is 15.9 Å². The molecular weight excluding hydrogens is 249 g/mol. The van der Waals surface area contributed by atoms with Crippen LogP contribution in [-0.2, 0) is 0 Å². The van der Waals surface area contributed by atoms with Gasteiger partial charge < -0.3 is 5.43 Å². The fraction of sp³-hybridized carbons (Fsp3) is 0.222. The maximum Gasteiger partial charge on any atom is 0.145 e. The van der Waals surface area contributed by atoms with E-state index >= 15 is 0 Å². The van der Waals surface area contributed by atoms with E-state index in [0.717, 1.165) is 0 Å². The molecule has 5 heteroatoms. The molecule has 0 bridgehead atoms. The number of nitrogens with two attached hydrogens (primary N) is 1. The molecule has 0 fully saturated rings. The third kappa shape index (κ3) is 2.52. The molecule has 0 aliphatic heterocycles. The van der Waals surface area contributed by atoms with Crippen LogP contribution >= 0.6 is 15.9 Å². The summed E-state index contributed by atoms with van der Waals surface area (Å²) in [6.45, 7) is 2.41. The van der Waals surface area contributed by atoms with Crippen LogP contribution < -0.4 is 11.3 Å². The third-order valence-electron chi connectivity index (χ3n) is 1.64. The molecule has 0 saturated heterocycles. The van der Waals surface area contributed by atoms with Crippen LogP contribution in [0.15, 0.2) is 27.7 Å². The zero-order valence-electron chi connectivity index (χ0n) is 7.72. The van der Waals surface area contributed by atoms with Crippen LogP contribution in [0.3, 0.4) is 0 Å². The molecule has 0 atom stereocenters. The number of benzene rings is 1. The van der Waals surface area contributed by atoms with Crippen molar-refractivity contribution in [2.75, 3.05) is 6.54 Å². The smallest absolute Gasteiger partial charge is 0.145 e. The van der Waals surface area contributed by atoms with Gasteiger partial charge in [0.25, 0.3) is 0 Å². The molecular formula is C9H11BrFN3. The Morgan fingerprint density at radius 3 is 2.86 bits per heavy atom. The number of aliphatic imine (C=N–C) groups is 1. The van der Waals surface area contributed by atoms with Gasteiger partial charge >= 0.3 is 0 Å². The summed E-state index contributed by atoms with van der Waals surface area (Å²) < 4.78 is 14.1. The van der Waals surface area contributed by atoms with E-state index in [1.807, 2.05) is 6.92 Å². The first-order valence-corrected chi connectivity index (χ1v) is 4.94. The Hall–Kier alpha value is -0.940. The van der Waals surface area contributed by atoms with Crippen molar-refractivity contribution < 1.29 is 4.39 Å². The number of nitrogens with zero attached hydrogens (tertiary/aromatic N) is 1. The van der Waals surface area contributed by atoms with Crippen LogP contribution in [0.25, 0.3) is 0 Å². The maximum absolute atomic E-state index is 13.4. The second-order valence-electron chi connectivity index (χ2n) is 2.59. The highest BCUT2D eigenvalue weighted by atomic mass is 79.9. The average Bonchev–Trinajstić information content (AvgIpc) is 2.15. The molecule has 0 aromatic heterocycles.